The van der Waals surface area contributed by atoms with E-state index in [0.717, 1.165) is 0 Å². The molecule has 1 N–H and O–H groups in total. The molecule has 0 aromatic heterocycles. The van der Waals surface area contributed by atoms with Crippen LogP contribution in [0.2, 0.25) is 0 Å². The highest BCUT2D eigenvalue weighted by molar-refractivity contribution is 5.69. The number of benzene rings is 1. The van der Waals surface area contributed by atoms with Crippen LogP contribution in [-0.4, -0.2) is 46.4 Å². The van der Waals surface area contributed by atoms with E-state index in [-0.39, 0.29) is 25.9 Å². The number of aryl methyl sites for hydroxylation is 1. The number of carboxylic acids is 1. The number of carbonyl (C=O) groups is 2. The van der Waals surface area contributed by atoms with Crippen LogP contribution in [0.1, 0.15) is 57.1 Å². The minimum Gasteiger partial charge on any atom is -0.481 e. The Morgan fingerprint density at radius 1 is 1.30 bits per heavy atom. The first-order chi connectivity index (χ1) is 12.4. The monoisotopic (exact) mass is 383 g/mol. The SMILES string of the molecule is Cc1cc(F)ccc1C(CC(=O)O)C1(F)CCN(C(=O)OC(C)(C)C)CC1. The molecule has 1 saturated heterocycles. The molecule has 1 aromatic carbocycles. The van der Waals surface area contributed by atoms with Gasteiger partial charge in [0.15, 0.2) is 0 Å². The van der Waals surface area contributed by atoms with Gasteiger partial charge in [-0.05, 0) is 63.8 Å². The molecule has 0 radical (unpaired) electrons. The lowest BCUT2D eigenvalue weighted by Gasteiger charge is -2.41. The molecule has 1 aliphatic heterocycles. The van der Waals surface area contributed by atoms with E-state index in [0.29, 0.717) is 11.1 Å². The van der Waals surface area contributed by atoms with Crippen molar-refractivity contribution in [2.75, 3.05) is 13.1 Å². The topological polar surface area (TPSA) is 66.8 Å². The summed E-state index contributed by atoms with van der Waals surface area (Å²) < 4.78 is 34.5. The summed E-state index contributed by atoms with van der Waals surface area (Å²) in [6, 6.07) is 3.96. The summed E-state index contributed by atoms with van der Waals surface area (Å²) in [7, 11) is 0. The predicted molar refractivity (Wildman–Crippen MR) is 97.0 cm³/mol. The zero-order valence-corrected chi connectivity index (χ0v) is 16.2. The van der Waals surface area contributed by atoms with Crippen LogP contribution in [0.15, 0.2) is 18.2 Å². The van der Waals surface area contributed by atoms with Gasteiger partial charge < -0.3 is 14.7 Å². The number of alkyl halides is 1. The molecule has 27 heavy (non-hydrogen) atoms. The van der Waals surface area contributed by atoms with Crippen LogP contribution in [0.3, 0.4) is 0 Å². The first-order valence-electron chi connectivity index (χ1n) is 9.06. The molecule has 2 rings (SSSR count). The zero-order chi connectivity index (χ0) is 20.4. The maximum absolute atomic E-state index is 15.8. The average molecular weight is 383 g/mol. The summed E-state index contributed by atoms with van der Waals surface area (Å²) in [4.78, 5) is 25.0. The van der Waals surface area contributed by atoms with Crippen molar-refractivity contribution in [2.45, 2.75) is 64.1 Å². The molecule has 1 heterocycles. The van der Waals surface area contributed by atoms with Crippen LogP contribution in [0.25, 0.3) is 0 Å². The van der Waals surface area contributed by atoms with E-state index in [9.17, 15) is 19.1 Å². The minimum atomic E-state index is -1.79. The van der Waals surface area contributed by atoms with Gasteiger partial charge in [0.1, 0.15) is 17.1 Å². The Morgan fingerprint density at radius 2 is 1.89 bits per heavy atom. The van der Waals surface area contributed by atoms with Crippen LogP contribution in [0, 0.1) is 12.7 Å². The fourth-order valence-electron chi connectivity index (χ4n) is 3.51. The van der Waals surface area contributed by atoms with Crippen LogP contribution in [0.4, 0.5) is 13.6 Å². The molecule has 0 saturated carbocycles. The summed E-state index contributed by atoms with van der Waals surface area (Å²) in [5, 5.41) is 9.28. The van der Waals surface area contributed by atoms with Crippen LogP contribution in [0.5, 0.6) is 0 Å². The number of ether oxygens (including phenoxy) is 1. The van der Waals surface area contributed by atoms with Crippen molar-refractivity contribution in [3.63, 3.8) is 0 Å². The Bertz CT molecular complexity index is 706. The third-order valence-corrected chi connectivity index (χ3v) is 4.86. The lowest BCUT2D eigenvalue weighted by molar-refractivity contribution is -0.139. The highest BCUT2D eigenvalue weighted by atomic mass is 19.1. The third-order valence-electron chi connectivity index (χ3n) is 4.86. The van der Waals surface area contributed by atoms with Crippen molar-refractivity contribution >= 4 is 12.1 Å². The van der Waals surface area contributed by atoms with E-state index >= 15 is 4.39 Å². The van der Waals surface area contributed by atoms with Gasteiger partial charge in [-0.3, -0.25) is 4.79 Å². The molecular formula is C20H27F2NO4. The number of aliphatic carboxylic acids is 1. The molecule has 7 heteroatoms. The number of carboxylic acid groups (broad SMARTS) is 1. The maximum Gasteiger partial charge on any atom is 0.410 e. The lowest BCUT2D eigenvalue weighted by atomic mass is 9.74. The molecular weight excluding hydrogens is 356 g/mol. The highest BCUT2D eigenvalue weighted by Gasteiger charge is 2.45. The number of hydrogen-bond acceptors (Lipinski definition) is 3. The molecule has 0 bridgehead atoms. The summed E-state index contributed by atoms with van der Waals surface area (Å²) in [6.07, 6.45) is -0.894. The molecule has 1 aromatic rings. The van der Waals surface area contributed by atoms with Crippen molar-refractivity contribution in [3.05, 3.63) is 35.1 Å². The number of likely N-dealkylation sites (tertiary alicyclic amines) is 1. The third kappa shape index (κ3) is 5.40. The Balaban J connectivity index is 2.20. The number of rotatable bonds is 4. The average Bonchev–Trinajstić information content (AvgIpc) is 2.52. The highest BCUT2D eigenvalue weighted by Crippen LogP contribution is 2.43. The molecule has 1 atom stereocenters. The van der Waals surface area contributed by atoms with Gasteiger partial charge in [0.2, 0.25) is 0 Å². The number of piperidine rings is 1. The number of hydrogen-bond donors (Lipinski definition) is 1. The van der Waals surface area contributed by atoms with Gasteiger partial charge >= 0.3 is 12.1 Å². The second kappa shape index (κ2) is 7.82. The van der Waals surface area contributed by atoms with E-state index < -0.39 is 41.5 Å². The van der Waals surface area contributed by atoms with E-state index in [2.05, 4.69) is 0 Å². The van der Waals surface area contributed by atoms with Gasteiger partial charge in [-0.25, -0.2) is 13.6 Å². The van der Waals surface area contributed by atoms with Gasteiger partial charge in [0.25, 0.3) is 0 Å². The largest absolute Gasteiger partial charge is 0.481 e. The van der Waals surface area contributed by atoms with E-state index in [1.807, 2.05) is 0 Å². The van der Waals surface area contributed by atoms with Crippen molar-refractivity contribution in [2.24, 2.45) is 0 Å². The number of carbonyl (C=O) groups excluding carboxylic acids is 1. The summed E-state index contributed by atoms with van der Waals surface area (Å²) in [6.45, 7) is 7.20. The smallest absolute Gasteiger partial charge is 0.410 e. The van der Waals surface area contributed by atoms with Crippen molar-refractivity contribution in [1.29, 1.82) is 0 Å². The van der Waals surface area contributed by atoms with E-state index in [1.165, 1.54) is 23.1 Å². The fourth-order valence-corrected chi connectivity index (χ4v) is 3.51. The van der Waals surface area contributed by atoms with Gasteiger partial charge in [0.05, 0.1) is 6.42 Å². The second-order valence-corrected chi connectivity index (χ2v) is 8.15. The first kappa shape index (κ1) is 21.1. The lowest BCUT2D eigenvalue weighted by Crippen LogP contribution is -2.49. The number of nitrogens with zero attached hydrogens (tertiary/aromatic N) is 1. The standard InChI is InChI=1S/C20H27F2NO4/c1-13-11-14(21)5-6-15(13)16(12-17(24)25)20(22)7-9-23(10-8-20)18(26)27-19(2,3)4/h5-6,11,16H,7-10,12H2,1-4H3,(H,24,25). The van der Waals surface area contributed by atoms with Crippen LogP contribution < -0.4 is 0 Å². The summed E-state index contributed by atoms with van der Waals surface area (Å²) >= 11 is 0. The molecule has 1 unspecified atom stereocenters. The normalized spacial score (nSPS) is 18.1. The molecule has 1 aliphatic rings. The van der Waals surface area contributed by atoms with Crippen molar-refractivity contribution in [1.82, 2.24) is 4.90 Å². The predicted octanol–water partition coefficient (Wildman–Crippen LogP) is 4.43. The number of amides is 1. The first-order valence-corrected chi connectivity index (χ1v) is 9.06. The molecule has 0 aliphatic carbocycles. The molecule has 1 amide bonds. The number of halogens is 2. The minimum absolute atomic E-state index is 0.000998. The Kier molecular flexibility index (Phi) is 6.12. The molecule has 0 spiro atoms. The molecule has 150 valence electrons. The second-order valence-electron chi connectivity index (χ2n) is 8.15. The van der Waals surface area contributed by atoms with E-state index in [1.54, 1.807) is 27.7 Å². The Hall–Kier alpha value is -2.18. The molecule has 1 fully saturated rings. The Labute approximate surface area is 158 Å². The molecule has 5 nitrogen and oxygen atoms in total. The quantitative estimate of drug-likeness (QED) is 0.835. The van der Waals surface area contributed by atoms with E-state index in [4.69, 9.17) is 4.74 Å². The van der Waals surface area contributed by atoms with Gasteiger partial charge in [-0.1, -0.05) is 6.07 Å². The fraction of sp³-hybridized carbons (Fsp3) is 0.600. The van der Waals surface area contributed by atoms with Crippen LogP contribution in [-0.2, 0) is 9.53 Å². The zero-order valence-electron chi connectivity index (χ0n) is 16.2. The van der Waals surface area contributed by atoms with Crippen LogP contribution >= 0.6 is 0 Å². The van der Waals surface area contributed by atoms with Crippen molar-refractivity contribution in [3.8, 4) is 0 Å². The Morgan fingerprint density at radius 3 is 2.37 bits per heavy atom. The van der Waals surface area contributed by atoms with Crippen molar-refractivity contribution < 1.29 is 28.2 Å². The van der Waals surface area contributed by atoms with Gasteiger partial charge in [0, 0.05) is 19.0 Å². The van der Waals surface area contributed by atoms with Gasteiger partial charge in [-0.15, -0.1) is 0 Å². The maximum atomic E-state index is 15.8. The summed E-state index contributed by atoms with van der Waals surface area (Å²) in [5.74, 6) is -2.47. The van der Waals surface area contributed by atoms with Gasteiger partial charge in [-0.2, -0.15) is 0 Å². The summed E-state index contributed by atoms with van der Waals surface area (Å²) in [5.41, 5.74) is -1.42.